The Morgan fingerprint density at radius 2 is 0.949 bits per heavy atom. The van der Waals surface area contributed by atoms with E-state index in [0.717, 1.165) is 40.8 Å². The summed E-state index contributed by atoms with van der Waals surface area (Å²) in [6.45, 7) is 6.47. The summed E-state index contributed by atoms with van der Waals surface area (Å²) in [5.74, 6) is -0.705. The number of thiazole rings is 2. The van der Waals surface area contributed by atoms with Crippen molar-refractivity contribution in [3.8, 4) is 33.2 Å². The second-order valence-corrected chi connectivity index (χ2v) is 63.8. The van der Waals surface area contributed by atoms with Crippen molar-refractivity contribution < 1.29 is 42.5 Å². The molecule has 0 saturated heterocycles. The lowest BCUT2D eigenvalue weighted by atomic mass is 10.1. The predicted octanol–water partition coefficient (Wildman–Crippen LogP) is 6.64. The van der Waals surface area contributed by atoms with Crippen LogP contribution >= 0.6 is 22.7 Å². The van der Waals surface area contributed by atoms with Crippen molar-refractivity contribution >= 4 is 291 Å². The number of carboxylic acids is 1. The first-order chi connectivity index (χ1) is 47.7. The second kappa shape index (κ2) is 47.2. The number of halogens is 2. The quantitative estimate of drug-likeness (QED) is 0.0999. The minimum absolute atomic E-state index is 0.00907. The van der Waals surface area contributed by atoms with Gasteiger partial charge in [-0.25, -0.2) is 23.5 Å². The molecule has 0 bridgehead atoms. The fourth-order valence-corrected chi connectivity index (χ4v) is 72.4. The van der Waals surface area contributed by atoms with E-state index in [4.69, 9.17) is 48.4 Å². The summed E-state index contributed by atoms with van der Waals surface area (Å²) in [7, 11) is 43.6. The van der Waals surface area contributed by atoms with Crippen LogP contribution in [0.1, 0.15) is 90.1 Å². The molecular formula is C48H44F2N12O7S29. The number of nitrogens with two attached hydrogens (primary N) is 2. The molecule has 2 aliphatic heterocycles. The van der Waals surface area contributed by atoms with Crippen molar-refractivity contribution in [3.05, 3.63) is 165 Å². The molecule has 0 saturated carbocycles. The van der Waals surface area contributed by atoms with Gasteiger partial charge in [-0.05, 0) is 73.5 Å². The molecule has 0 fully saturated rings. The van der Waals surface area contributed by atoms with Crippen LogP contribution < -0.4 is 26.3 Å². The van der Waals surface area contributed by atoms with Gasteiger partial charge in [-0.3, -0.25) is 14.4 Å². The fourth-order valence-electron chi connectivity index (χ4n) is 8.03. The van der Waals surface area contributed by atoms with E-state index in [1.54, 1.807) is 195 Å². The maximum absolute atomic E-state index is 14.7. The Kier molecular flexibility index (Phi) is 39.9. The number of rotatable bonds is 12. The Hall–Kier alpha value is -2.34. The van der Waals surface area contributed by atoms with Gasteiger partial charge in [0.1, 0.15) is 42.2 Å². The highest BCUT2D eigenvalue weighted by molar-refractivity contribution is 8.79. The Morgan fingerprint density at radius 3 is 1.36 bits per heavy atom. The van der Waals surface area contributed by atoms with E-state index in [0.29, 0.717) is 41.1 Å². The zero-order valence-electron chi connectivity index (χ0n) is 49.0. The number of carbonyl (C=O) groups is 4. The van der Waals surface area contributed by atoms with Crippen molar-refractivity contribution in [3.63, 3.8) is 0 Å². The number of aromatic nitrogens is 8. The SMILES string of the molecule is CC1CN(C(=O)c2cc(COc3ccccc3C(N)=O)ccc2F)Cc2nnc(-c3nccs3)n21.CC1CNCc2nnc(-c3nccs3)n21.NC(=O)c1ccccc1OCc1ccc(F)c(C(=O)O)c1.S=S=S=S=S=S=S=S=S=S=S=S=S=S=S=S=S=S=S=S=S=S=S=S=S=S=S. The summed E-state index contributed by atoms with van der Waals surface area (Å²) in [5.41, 5.74) is 11.6. The number of fused-ring (bicyclic) bond motifs is 2. The lowest BCUT2D eigenvalue weighted by molar-refractivity contribution is 0.0673. The van der Waals surface area contributed by atoms with Gasteiger partial charge in [0.25, 0.3) is 17.7 Å². The number of carbonyl (C=O) groups excluding carboxylic acids is 3. The van der Waals surface area contributed by atoms with Crippen LogP contribution in [0.3, 0.4) is 0 Å². The van der Waals surface area contributed by atoms with Crippen molar-refractivity contribution in [2.45, 2.75) is 52.2 Å². The van der Waals surface area contributed by atoms with E-state index in [1.165, 1.54) is 65.5 Å². The fraction of sp³-hybridized carbons (Fsp3) is 0.208. The van der Waals surface area contributed by atoms with Gasteiger partial charge >= 0.3 is 5.97 Å². The summed E-state index contributed by atoms with van der Waals surface area (Å²) in [5, 5.41) is 34.6. The van der Waals surface area contributed by atoms with E-state index in [1.807, 2.05) is 102 Å². The number of para-hydroxylation sites is 2. The number of aromatic carboxylic acids is 1. The molecule has 0 radical (unpaired) electrons. The van der Waals surface area contributed by atoms with Gasteiger partial charge in [0.15, 0.2) is 27.5 Å². The molecule has 6 N–H and O–H groups in total. The van der Waals surface area contributed by atoms with E-state index >= 15 is 0 Å². The normalized spacial score (nSPS) is 12.7. The van der Waals surface area contributed by atoms with E-state index in [9.17, 15) is 28.0 Å². The minimum Gasteiger partial charge on any atom is -0.488 e. The summed E-state index contributed by atoms with van der Waals surface area (Å²) in [6, 6.07) is 21.2. The van der Waals surface area contributed by atoms with Gasteiger partial charge in [0.05, 0.1) is 41.4 Å². The molecule has 3 amide bonds. The summed E-state index contributed by atoms with van der Waals surface area (Å²) in [4.78, 5) is 57.1. The first-order valence-corrected chi connectivity index (χ1v) is 62.5. The number of benzene rings is 4. The molecule has 2 aliphatic rings. The third-order valence-corrected chi connectivity index (χ3v) is 66.6. The second-order valence-electron chi connectivity index (χ2n) is 17.7. The third-order valence-electron chi connectivity index (χ3n) is 11.8. The van der Waals surface area contributed by atoms with Gasteiger partial charge in [0.2, 0.25) is 0 Å². The monoisotopic (exact) mass is 1870 g/mol. The average molecular weight is 1870 g/mol. The predicted molar refractivity (Wildman–Crippen MR) is 455 cm³/mol. The van der Waals surface area contributed by atoms with Crippen molar-refractivity contribution in [2.75, 3.05) is 13.1 Å². The Morgan fingerprint density at radius 1 is 0.551 bits per heavy atom. The number of nitrogens with zero attached hydrogens (tertiary/aromatic N) is 9. The smallest absolute Gasteiger partial charge is 0.338 e. The molecule has 50 heteroatoms. The van der Waals surface area contributed by atoms with Gasteiger partial charge in [-0.2, -0.15) is 0 Å². The molecule has 0 spiro atoms. The minimum atomic E-state index is -1.35. The zero-order valence-corrected chi connectivity index (χ0v) is 72.6. The van der Waals surface area contributed by atoms with E-state index < -0.39 is 40.9 Å². The number of hydrogen-bond acceptors (Lipinski definition) is 17. The summed E-state index contributed by atoms with van der Waals surface area (Å²) < 4.78 is 43.3. The van der Waals surface area contributed by atoms with E-state index in [-0.39, 0.29) is 48.2 Å². The van der Waals surface area contributed by atoms with E-state index in [2.05, 4.69) is 47.2 Å². The molecule has 4 aromatic carbocycles. The molecule has 98 heavy (non-hydrogen) atoms. The molecule has 526 valence electrons. The topological polar surface area (TPSA) is 261 Å². The van der Waals surface area contributed by atoms with Crippen LogP contribution in [-0.4, -0.2) is 86.3 Å². The number of primary amides is 2. The molecule has 2 atom stereocenters. The zero-order chi connectivity index (χ0) is 69.9. The first-order valence-electron chi connectivity index (χ1n) is 26.1. The largest absolute Gasteiger partial charge is 0.488 e. The average Bonchev–Trinajstić information content (AvgIpc) is 1.59. The highest BCUT2D eigenvalue weighted by Gasteiger charge is 2.32. The van der Waals surface area contributed by atoms with Crippen LogP contribution in [0, 0.1) is 11.6 Å². The Balaban J connectivity index is 0.000000192. The molecule has 10 rings (SSSR count). The molecule has 19 nitrogen and oxygen atoms in total. The molecule has 0 aliphatic carbocycles. The van der Waals surface area contributed by atoms with Gasteiger partial charge in [0, 0.05) is 287 Å². The standard InChI is InChI=1S/C24H21FN6O3S.C15H12FNO4.C9H11N5S.S27/c1-14-11-30(12-20-28-29-22(31(14)20)23-27-8-9-35-23)24(33)17-10-15(6-7-18(17)25)13-34-19-5-3-2-4-16(19)21(26)32;16-12-6-5-9(7-11(12)15(19)20)8-21-13-4-2-1-3-10(13)14(17)18;1-6-4-10-5-7-12-13-8(14(6)7)9-11-2-3-15-9;1-3-5-7-9-11-13-15-17-19-21-23-25-27-26-24-22-20-18-16-14-12-10-8-6-4-2/h2-10,14H,11-13H2,1H3,(H2,26,32);1-7H,8H2,(H2,17,18)(H,19,20);2-3,6,10H,4-5H2,1H3;. The van der Waals surface area contributed by atoms with Gasteiger partial charge < -0.3 is 45.4 Å². The number of nitrogens with one attached hydrogen (secondary N) is 1. The van der Waals surface area contributed by atoms with Crippen LogP contribution in [-0.2, 0) is 271 Å². The van der Waals surface area contributed by atoms with Crippen LogP contribution in [0.25, 0.3) is 21.7 Å². The molecular weight excluding hydrogens is 1820 g/mol. The van der Waals surface area contributed by atoms with Crippen molar-refractivity contribution in [1.82, 2.24) is 49.7 Å². The van der Waals surface area contributed by atoms with Crippen LogP contribution in [0.15, 0.2) is 108 Å². The third kappa shape index (κ3) is 27.9. The van der Waals surface area contributed by atoms with Crippen molar-refractivity contribution in [1.29, 1.82) is 0 Å². The lowest BCUT2D eigenvalue weighted by Crippen LogP contribution is -2.40. The number of amides is 3. The number of ether oxygens (including phenoxy) is 2. The maximum atomic E-state index is 14.7. The molecule has 2 unspecified atom stereocenters. The van der Waals surface area contributed by atoms with Crippen molar-refractivity contribution in [2.24, 2.45) is 11.5 Å². The number of carboxylic acid groups (broad SMARTS) is 1. The molecule has 6 heterocycles. The number of hydrogen-bond donors (Lipinski definition) is 4. The van der Waals surface area contributed by atoms with Crippen LogP contribution in [0.4, 0.5) is 8.78 Å². The lowest BCUT2D eigenvalue weighted by Gasteiger charge is -2.32. The van der Waals surface area contributed by atoms with Crippen LogP contribution in [0.2, 0.25) is 0 Å². The maximum Gasteiger partial charge on any atom is 0.338 e. The van der Waals surface area contributed by atoms with Gasteiger partial charge in [-0.1, -0.05) is 36.4 Å². The van der Waals surface area contributed by atoms with Crippen LogP contribution in [0.5, 0.6) is 11.5 Å². The summed E-state index contributed by atoms with van der Waals surface area (Å²) in [6.07, 6.45) is 3.50. The first kappa shape index (κ1) is 82.9. The Labute approximate surface area is 648 Å². The highest BCUT2D eigenvalue weighted by Crippen LogP contribution is 2.31. The molecule has 4 aromatic heterocycles. The summed E-state index contributed by atoms with van der Waals surface area (Å²) >= 11 is 12.6. The van der Waals surface area contributed by atoms with Gasteiger partial charge in [-0.15, -0.1) is 43.1 Å². The highest BCUT2D eigenvalue weighted by atomic mass is 33.5. The molecule has 8 aromatic rings. The Bertz CT molecular complexity index is 5350.